The molecule has 0 aromatic rings. The van der Waals surface area contributed by atoms with Gasteiger partial charge in [0.2, 0.25) is 0 Å². The summed E-state index contributed by atoms with van der Waals surface area (Å²) in [7, 11) is 0. The number of rotatable bonds is 6. The van der Waals surface area contributed by atoms with Crippen LogP contribution in [0.5, 0.6) is 0 Å². The minimum absolute atomic E-state index is 0.308. The molecule has 0 radical (unpaired) electrons. The predicted octanol–water partition coefficient (Wildman–Crippen LogP) is 1.99. The van der Waals surface area contributed by atoms with Gasteiger partial charge in [-0.25, -0.2) is 0 Å². The Morgan fingerprint density at radius 1 is 1.33 bits per heavy atom. The van der Waals surface area contributed by atoms with E-state index in [-0.39, 0.29) is 0 Å². The second-order valence-corrected chi connectivity index (χ2v) is 6.15. The molecule has 0 aromatic carbocycles. The molecule has 1 spiro atoms. The molecule has 2 rings (SSSR count). The lowest BCUT2D eigenvalue weighted by molar-refractivity contribution is -0.137. The Morgan fingerprint density at radius 2 is 2.00 bits per heavy atom. The summed E-state index contributed by atoms with van der Waals surface area (Å²) in [5, 5.41) is 8.64. The maximum atomic E-state index is 10.5. The van der Waals surface area contributed by atoms with Crippen LogP contribution >= 0.6 is 0 Å². The van der Waals surface area contributed by atoms with Crippen LogP contribution in [-0.4, -0.2) is 48.8 Å². The van der Waals surface area contributed by atoms with E-state index in [9.17, 15) is 4.79 Å². The molecule has 4 nitrogen and oxygen atoms in total. The number of carboxylic acids is 1. The minimum Gasteiger partial charge on any atom is -0.481 e. The SMILES string of the molecule is CC(CCC(=O)O)CCN1CC2(CCOCC2)C1. The van der Waals surface area contributed by atoms with Crippen molar-refractivity contribution in [2.24, 2.45) is 11.3 Å². The maximum Gasteiger partial charge on any atom is 0.303 e. The van der Waals surface area contributed by atoms with Gasteiger partial charge >= 0.3 is 5.97 Å². The van der Waals surface area contributed by atoms with Crippen LogP contribution in [0.3, 0.4) is 0 Å². The first-order valence-corrected chi connectivity index (χ1v) is 7.12. The van der Waals surface area contributed by atoms with E-state index >= 15 is 0 Å². The van der Waals surface area contributed by atoms with E-state index in [0.29, 0.717) is 17.8 Å². The third-order valence-electron chi connectivity index (χ3n) is 4.46. The zero-order chi connectivity index (χ0) is 13.0. The second-order valence-electron chi connectivity index (χ2n) is 6.15. The van der Waals surface area contributed by atoms with Crippen LogP contribution in [0.15, 0.2) is 0 Å². The van der Waals surface area contributed by atoms with Gasteiger partial charge in [-0.3, -0.25) is 4.79 Å². The Hall–Kier alpha value is -0.610. The molecule has 0 amide bonds. The van der Waals surface area contributed by atoms with Crippen molar-refractivity contribution in [3.05, 3.63) is 0 Å². The van der Waals surface area contributed by atoms with E-state index in [1.165, 1.54) is 25.9 Å². The molecule has 0 aromatic heterocycles. The molecule has 104 valence electrons. The van der Waals surface area contributed by atoms with Crippen molar-refractivity contribution < 1.29 is 14.6 Å². The van der Waals surface area contributed by atoms with Gasteiger partial charge in [0.25, 0.3) is 0 Å². The van der Waals surface area contributed by atoms with Crippen molar-refractivity contribution in [1.82, 2.24) is 4.90 Å². The van der Waals surface area contributed by atoms with Crippen molar-refractivity contribution in [2.75, 3.05) is 32.8 Å². The third kappa shape index (κ3) is 3.69. The number of likely N-dealkylation sites (tertiary alicyclic amines) is 1. The molecule has 2 aliphatic rings. The molecular weight excluding hydrogens is 230 g/mol. The Morgan fingerprint density at radius 3 is 2.61 bits per heavy atom. The molecule has 1 N–H and O–H groups in total. The van der Waals surface area contributed by atoms with Crippen molar-refractivity contribution in [2.45, 2.75) is 39.0 Å². The molecule has 18 heavy (non-hydrogen) atoms. The summed E-state index contributed by atoms with van der Waals surface area (Å²) in [5.74, 6) is -0.153. The molecule has 2 fully saturated rings. The molecule has 0 saturated carbocycles. The largest absolute Gasteiger partial charge is 0.481 e. The standard InChI is InChI=1S/C14H25NO3/c1-12(2-3-13(16)17)4-7-15-10-14(11-15)5-8-18-9-6-14/h12H,2-11H2,1H3,(H,16,17). The number of carboxylic acid groups (broad SMARTS) is 1. The molecule has 1 unspecified atom stereocenters. The monoisotopic (exact) mass is 255 g/mol. The fourth-order valence-corrected chi connectivity index (χ4v) is 3.10. The molecule has 2 aliphatic heterocycles. The molecule has 1 atom stereocenters. The van der Waals surface area contributed by atoms with Crippen molar-refractivity contribution in [3.63, 3.8) is 0 Å². The lowest BCUT2D eigenvalue weighted by atomic mass is 9.73. The summed E-state index contributed by atoms with van der Waals surface area (Å²) in [6.07, 6.45) is 4.68. The first-order chi connectivity index (χ1) is 8.60. The van der Waals surface area contributed by atoms with Crippen LogP contribution in [0, 0.1) is 11.3 Å². The zero-order valence-electron chi connectivity index (χ0n) is 11.4. The fourth-order valence-electron chi connectivity index (χ4n) is 3.10. The Balaban J connectivity index is 1.57. The van der Waals surface area contributed by atoms with Gasteiger partial charge in [-0.15, -0.1) is 0 Å². The summed E-state index contributed by atoms with van der Waals surface area (Å²) in [6.45, 7) is 7.60. The van der Waals surface area contributed by atoms with E-state index in [1.807, 2.05) is 0 Å². The number of aliphatic carboxylic acids is 1. The van der Waals surface area contributed by atoms with Crippen molar-refractivity contribution >= 4 is 5.97 Å². The Labute approximate surface area is 109 Å². The van der Waals surface area contributed by atoms with Crippen LogP contribution in [-0.2, 0) is 9.53 Å². The smallest absolute Gasteiger partial charge is 0.303 e. The first-order valence-electron chi connectivity index (χ1n) is 7.12. The average Bonchev–Trinajstić information content (AvgIpc) is 2.32. The van der Waals surface area contributed by atoms with Gasteiger partial charge < -0.3 is 14.7 Å². The molecule has 0 bridgehead atoms. The quantitative estimate of drug-likeness (QED) is 0.788. The fraction of sp³-hybridized carbons (Fsp3) is 0.929. The average molecular weight is 255 g/mol. The minimum atomic E-state index is -0.674. The van der Waals surface area contributed by atoms with E-state index in [0.717, 1.165) is 32.6 Å². The topological polar surface area (TPSA) is 49.8 Å². The van der Waals surface area contributed by atoms with Crippen LogP contribution < -0.4 is 0 Å². The highest BCUT2D eigenvalue weighted by Crippen LogP contribution is 2.39. The highest BCUT2D eigenvalue weighted by molar-refractivity contribution is 5.66. The number of hydrogen-bond donors (Lipinski definition) is 1. The van der Waals surface area contributed by atoms with E-state index < -0.39 is 5.97 Å². The summed E-state index contributed by atoms with van der Waals surface area (Å²) in [4.78, 5) is 13.0. The number of ether oxygens (including phenoxy) is 1. The summed E-state index contributed by atoms with van der Waals surface area (Å²) < 4.78 is 5.41. The van der Waals surface area contributed by atoms with E-state index in [2.05, 4.69) is 11.8 Å². The molecule has 4 heteroatoms. The van der Waals surface area contributed by atoms with Crippen molar-refractivity contribution in [1.29, 1.82) is 0 Å². The van der Waals surface area contributed by atoms with Gasteiger partial charge in [-0.05, 0) is 38.1 Å². The van der Waals surface area contributed by atoms with Gasteiger partial charge in [0.05, 0.1) is 0 Å². The van der Waals surface area contributed by atoms with Crippen molar-refractivity contribution in [3.8, 4) is 0 Å². The van der Waals surface area contributed by atoms with Crippen LogP contribution in [0.25, 0.3) is 0 Å². The maximum absolute atomic E-state index is 10.5. The van der Waals surface area contributed by atoms with E-state index in [1.54, 1.807) is 0 Å². The molecule has 2 saturated heterocycles. The lowest BCUT2D eigenvalue weighted by Gasteiger charge is -2.52. The molecule has 0 aliphatic carbocycles. The van der Waals surface area contributed by atoms with Crippen LogP contribution in [0.4, 0.5) is 0 Å². The Bertz CT molecular complexity index is 279. The Kier molecular flexibility index (Phi) is 4.62. The third-order valence-corrected chi connectivity index (χ3v) is 4.46. The number of hydrogen-bond acceptors (Lipinski definition) is 3. The molecular formula is C14H25NO3. The normalized spacial score (nSPS) is 24.7. The van der Waals surface area contributed by atoms with Gasteiger partial charge in [0.15, 0.2) is 0 Å². The highest BCUT2D eigenvalue weighted by Gasteiger charge is 2.43. The molecule has 2 heterocycles. The first kappa shape index (κ1) is 13.8. The second kappa shape index (κ2) is 6.02. The van der Waals surface area contributed by atoms with E-state index in [4.69, 9.17) is 9.84 Å². The zero-order valence-corrected chi connectivity index (χ0v) is 11.4. The lowest BCUT2D eigenvalue weighted by Crippen LogP contribution is -2.58. The van der Waals surface area contributed by atoms with Gasteiger partial charge in [-0.2, -0.15) is 0 Å². The summed E-state index contributed by atoms with van der Waals surface area (Å²) in [6, 6.07) is 0. The predicted molar refractivity (Wildman–Crippen MR) is 69.6 cm³/mol. The van der Waals surface area contributed by atoms with Gasteiger partial charge in [0.1, 0.15) is 0 Å². The highest BCUT2D eigenvalue weighted by atomic mass is 16.5. The van der Waals surface area contributed by atoms with Crippen LogP contribution in [0.2, 0.25) is 0 Å². The summed E-state index contributed by atoms with van der Waals surface area (Å²) in [5.41, 5.74) is 0.558. The van der Waals surface area contributed by atoms with Gasteiger partial charge in [0, 0.05) is 38.1 Å². The van der Waals surface area contributed by atoms with Gasteiger partial charge in [-0.1, -0.05) is 6.92 Å². The number of carbonyl (C=O) groups is 1. The number of nitrogens with zero attached hydrogens (tertiary/aromatic N) is 1. The van der Waals surface area contributed by atoms with Crippen LogP contribution in [0.1, 0.15) is 39.0 Å². The summed E-state index contributed by atoms with van der Waals surface area (Å²) >= 11 is 0.